The molecule has 1 saturated heterocycles. The number of hydrogen-bond donors (Lipinski definition) is 2. The number of ether oxygens (including phenoxy) is 1. The van der Waals surface area contributed by atoms with Gasteiger partial charge in [-0.1, -0.05) is 32.6 Å². The number of morpholine rings is 1. The zero-order valence-electron chi connectivity index (χ0n) is 16.7. The molecule has 0 saturated carbocycles. The van der Waals surface area contributed by atoms with Gasteiger partial charge in [0, 0.05) is 6.20 Å². The fourth-order valence-electron chi connectivity index (χ4n) is 2.36. The van der Waals surface area contributed by atoms with Gasteiger partial charge in [-0.25, -0.2) is 9.78 Å². The molecule has 7 nitrogen and oxygen atoms in total. The van der Waals surface area contributed by atoms with E-state index in [0.717, 1.165) is 0 Å². The molecule has 1 aliphatic heterocycles. The molecule has 1 aliphatic rings. The number of pyridine rings is 1. The first kappa shape index (κ1) is 21.2. The van der Waals surface area contributed by atoms with Crippen LogP contribution in [0.3, 0.4) is 0 Å². The van der Waals surface area contributed by atoms with Crippen LogP contribution in [0.2, 0.25) is 18.1 Å². The molecule has 2 rings (SSSR count). The van der Waals surface area contributed by atoms with Gasteiger partial charge >= 0.3 is 6.09 Å². The maximum Gasteiger partial charge on any atom is 0.407 e. The Kier molecular flexibility index (Phi) is 6.52. The number of nitrogen functional groups attached to an aromatic ring is 1. The summed E-state index contributed by atoms with van der Waals surface area (Å²) < 4.78 is 12.0. The van der Waals surface area contributed by atoms with E-state index in [1.54, 1.807) is 18.3 Å². The van der Waals surface area contributed by atoms with Gasteiger partial charge in [0.05, 0.1) is 31.4 Å². The Hall–Kier alpha value is -2.08. The number of carboxylic acid groups (broad SMARTS) is 1. The van der Waals surface area contributed by atoms with E-state index in [1.807, 2.05) is 0 Å². The van der Waals surface area contributed by atoms with E-state index in [4.69, 9.17) is 14.9 Å². The summed E-state index contributed by atoms with van der Waals surface area (Å²) in [4.78, 5) is 17.1. The summed E-state index contributed by atoms with van der Waals surface area (Å²) in [5.74, 6) is 6.22. The molecule has 0 aliphatic carbocycles. The van der Waals surface area contributed by atoms with Crippen molar-refractivity contribution in [3.8, 4) is 11.8 Å². The van der Waals surface area contributed by atoms with Crippen LogP contribution in [0.25, 0.3) is 0 Å². The second kappa shape index (κ2) is 8.29. The van der Waals surface area contributed by atoms with E-state index in [9.17, 15) is 9.90 Å². The first-order valence-corrected chi connectivity index (χ1v) is 11.9. The molecule has 2 heterocycles. The van der Waals surface area contributed by atoms with Crippen molar-refractivity contribution in [3.63, 3.8) is 0 Å². The molecule has 8 heteroatoms. The predicted octanol–water partition coefficient (Wildman–Crippen LogP) is 2.78. The standard InChI is InChI=1S/C19H29N3O4Si/c1-19(2,3)27(4,5)26-13-15-12-25-16(11-22(15)18(23)24)9-8-14-7-6-10-21-17(14)20/h6-7,10,15-16H,11-13H2,1-5H3,(H2,20,21)(H,23,24)/t15-,16+/m0/s1. The van der Waals surface area contributed by atoms with Gasteiger partial charge in [-0.2, -0.15) is 0 Å². The Morgan fingerprint density at radius 3 is 2.81 bits per heavy atom. The highest BCUT2D eigenvalue weighted by Crippen LogP contribution is 2.36. The van der Waals surface area contributed by atoms with Crippen molar-refractivity contribution >= 4 is 20.2 Å². The molecule has 148 valence electrons. The van der Waals surface area contributed by atoms with Gasteiger partial charge in [0.1, 0.15) is 11.9 Å². The number of carbonyl (C=O) groups is 1. The van der Waals surface area contributed by atoms with Gasteiger partial charge in [-0.3, -0.25) is 4.90 Å². The molecule has 0 bridgehead atoms. The minimum atomic E-state index is -1.96. The highest BCUT2D eigenvalue weighted by atomic mass is 28.4. The van der Waals surface area contributed by atoms with Crippen molar-refractivity contribution in [2.45, 2.75) is 51.0 Å². The molecule has 0 radical (unpaired) electrons. The summed E-state index contributed by atoms with van der Waals surface area (Å²) in [6.45, 7) is 11.5. The Morgan fingerprint density at radius 1 is 1.52 bits per heavy atom. The van der Waals surface area contributed by atoms with Crippen LogP contribution < -0.4 is 5.73 Å². The number of nitrogens with zero attached hydrogens (tertiary/aromatic N) is 2. The summed E-state index contributed by atoms with van der Waals surface area (Å²) in [7, 11) is -1.96. The first-order chi connectivity index (χ1) is 12.5. The monoisotopic (exact) mass is 391 g/mol. The second-order valence-corrected chi connectivity index (χ2v) is 13.0. The summed E-state index contributed by atoms with van der Waals surface area (Å²) in [5, 5.41) is 9.66. The van der Waals surface area contributed by atoms with Crippen molar-refractivity contribution in [1.29, 1.82) is 0 Å². The highest BCUT2D eigenvalue weighted by Gasteiger charge is 2.39. The van der Waals surface area contributed by atoms with E-state index in [-0.39, 0.29) is 24.2 Å². The zero-order chi connectivity index (χ0) is 20.2. The lowest BCUT2D eigenvalue weighted by molar-refractivity contribution is -0.0424. The zero-order valence-corrected chi connectivity index (χ0v) is 17.7. The molecule has 1 amide bonds. The van der Waals surface area contributed by atoms with Crippen LogP contribution in [-0.4, -0.2) is 61.3 Å². The quantitative estimate of drug-likeness (QED) is 0.607. The molecular formula is C19H29N3O4Si. The van der Waals surface area contributed by atoms with Crippen molar-refractivity contribution < 1.29 is 19.1 Å². The van der Waals surface area contributed by atoms with Crippen molar-refractivity contribution in [3.05, 3.63) is 23.9 Å². The molecule has 27 heavy (non-hydrogen) atoms. The van der Waals surface area contributed by atoms with Crippen molar-refractivity contribution in [2.24, 2.45) is 0 Å². The SMILES string of the molecule is CC(C)(C)[Si](C)(C)OC[C@@H]1CO[C@H](C#Cc2cccnc2N)CN1C(=O)O. The minimum absolute atomic E-state index is 0.0637. The molecule has 0 aromatic carbocycles. The third kappa shape index (κ3) is 5.45. The smallest absolute Gasteiger partial charge is 0.407 e. The highest BCUT2D eigenvalue weighted by molar-refractivity contribution is 6.74. The summed E-state index contributed by atoms with van der Waals surface area (Å²) >= 11 is 0. The topological polar surface area (TPSA) is 97.9 Å². The van der Waals surface area contributed by atoms with Crippen LogP contribution in [0, 0.1) is 11.8 Å². The Labute approximate surface area is 162 Å². The van der Waals surface area contributed by atoms with Gasteiger partial charge in [-0.05, 0) is 30.3 Å². The van der Waals surface area contributed by atoms with E-state index < -0.39 is 20.5 Å². The van der Waals surface area contributed by atoms with E-state index in [2.05, 4.69) is 50.7 Å². The average molecular weight is 392 g/mol. The third-order valence-electron chi connectivity index (χ3n) is 5.19. The van der Waals surface area contributed by atoms with E-state index >= 15 is 0 Å². The van der Waals surface area contributed by atoms with Crippen LogP contribution in [0.4, 0.5) is 10.6 Å². The number of hydrogen-bond acceptors (Lipinski definition) is 5. The number of amides is 1. The van der Waals surface area contributed by atoms with Crippen LogP contribution in [0.15, 0.2) is 18.3 Å². The van der Waals surface area contributed by atoms with Crippen LogP contribution in [0.5, 0.6) is 0 Å². The largest absolute Gasteiger partial charge is 0.465 e. The first-order valence-electron chi connectivity index (χ1n) is 8.98. The summed E-state index contributed by atoms with van der Waals surface area (Å²) in [6, 6.07) is 3.18. The predicted molar refractivity (Wildman–Crippen MR) is 107 cm³/mol. The lowest BCUT2D eigenvalue weighted by Crippen LogP contribution is -2.55. The maximum absolute atomic E-state index is 11.7. The van der Waals surface area contributed by atoms with Gasteiger partial charge in [0.15, 0.2) is 8.32 Å². The van der Waals surface area contributed by atoms with Crippen molar-refractivity contribution in [2.75, 3.05) is 25.5 Å². The fourth-order valence-corrected chi connectivity index (χ4v) is 3.40. The molecule has 3 N–H and O–H groups in total. The van der Waals surface area contributed by atoms with Crippen LogP contribution >= 0.6 is 0 Å². The number of aromatic nitrogens is 1. The van der Waals surface area contributed by atoms with Gasteiger partial charge in [0.2, 0.25) is 0 Å². The minimum Gasteiger partial charge on any atom is -0.465 e. The average Bonchev–Trinajstić information content (AvgIpc) is 2.58. The van der Waals surface area contributed by atoms with Gasteiger partial charge < -0.3 is 20.0 Å². The molecular weight excluding hydrogens is 362 g/mol. The molecule has 1 aromatic rings. The van der Waals surface area contributed by atoms with E-state index in [1.165, 1.54) is 4.90 Å². The summed E-state index contributed by atoms with van der Waals surface area (Å²) in [5.41, 5.74) is 6.38. The Balaban J connectivity index is 2.03. The number of rotatable bonds is 3. The van der Waals surface area contributed by atoms with Gasteiger partial charge in [-0.15, -0.1) is 0 Å². The normalized spacial score (nSPS) is 20.7. The van der Waals surface area contributed by atoms with Crippen molar-refractivity contribution in [1.82, 2.24) is 9.88 Å². The van der Waals surface area contributed by atoms with E-state index in [0.29, 0.717) is 18.0 Å². The second-order valence-electron chi connectivity index (χ2n) is 8.19. The molecule has 2 atom stereocenters. The van der Waals surface area contributed by atoms with Crippen LogP contribution in [0.1, 0.15) is 26.3 Å². The van der Waals surface area contributed by atoms with Gasteiger partial charge in [0.25, 0.3) is 0 Å². The lowest BCUT2D eigenvalue weighted by Gasteiger charge is -2.41. The lowest BCUT2D eigenvalue weighted by atomic mass is 10.2. The van der Waals surface area contributed by atoms with Crippen LogP contribution in [-0.2, 0) is 9.16 Å². The molecule has 0 spiro atoms. The molecule has 1 aromatic heterocycles. The number of nitrogens with two attached hydrogens (primary N) is 1. The molecule has 0 unspecified atom stereocenters. The summed E-state index contributed by atoms with van der Waals surface area (Å²) in [6.07, 6.45) is 0.0937. The number of anilines is 1. The maximum atomic E-state index is 11.7. The molecule has 1 fully saturated rings. The fraction of sp³-hybridized carbons (Fsp3) is 0.579. The third-order valence-corrected chi connectivity index (χ3v) is 9.69. The Bertz CT molecular complexity index is 736. The Morgan fingerprint density at radius 2 is 2.22 bits per heavy atom.